The Bertz CT molecular complexity index is 476. The van der Waals surface area contributed by atoms with Gasteiger partial charge in [0.05, 0.1) is 0 Å². The largest absolute Gasteiger partial charge is 0.361 e. The fourth-order valence-corrected chi connectivity index (χ4v) is 1.61. The number of terminal acetylenes is 1. The molecule has 1 aromatic heterocycles. The molecule has 1 aromatic carbocycles. The summed E-state index contributed by atoms with van der Waals surface area (Å²) in [6.07, 6.45) is 7.92. The molecular formula is C13H14N2. The summed E-state index contributed by atoms with van der Waals surface area (Å²) >= 11 is 0. The Labute approximate surface area is 89.7 Å². The number of fused-ring (bicyclic) bond motifs is 1. The number of benzene rings is 1. The summed E-state index contributed by atoms with van der Waals surface area (Å²) in [5, 5.41) is 4.56. The standard InChI is InChI=1S/C13H14N2/c1-2-3-7-14-10-11-4-5-13-12(9-11)6-8-15-13/h1,4-6,8-9,14-15H,3,7,10H2. The molecule has 2 rings (SSSR count). The number of nitrogens with one attached hydrogen (secondary N) is 2. The second kappa shape index (κ2) is 4.68. The summed E-state index contributed by atoms with van der Waals surface area (Å²) in [5.41, 5.74) is 2.47. The number of H-pyrrole nitrogens is 1. The molecule has 0 spiro atoms. The third-order valence-electron chi connectivity index (χ3n) is 2.39. The van der Waals surface area contributed by atoms with E-state index in [0.29, 0.717) is 0 Å². The summed E-state index contributed by atoms with van der Waals surface area (Å²) in [5.74, 6) is 2.61. The van der Waals surface area contributed by atoms with Crippen molar-refractivity contribution >= 4 is 10.9 Å². The van der Waals surface area contributed by atoms with Crippen molar-refractivity contribution in [1.82, 2.24) is 10.3 Å². The van der Waals surface area contributed by atoms with Crippen molar-refractivity contribution in [1.29, 1.82) is 0 Å². The van der Waals surface area contributed by atoms with Gasteiger partial charge in [-0.25, -0.2) is 0 Å². The Morgan fingerprint density at radius 3 is 3.13 bits per heavy atom. The van der Waals surface area contributed by atoms with E-state index in [1.165, 1.54) is 16.5 Å². The molecule has 0 fully saturated rings. The molecule has 2 aromatic rings. The van der Waals surface area contributed by atoms with Gasteiger partial charge in [0.2, 0.25) is 0 Å². The zero-order valence-corrected chi connectivity index (χ0v) is 8.59. The lowest BCUT2D eigenvalue weighted by atomic mass is 10.1. The van der Waals surface area contributed by atoms with Crippen LogP contribution >= 0.6 is 0 Å². The van der Waals surface area contributed by atoms with E-state index in [9.17, 15) is 0 Å². The van der Waals surface area contributed by atoms with Crippen LogP contribution in [0.5, 0.6) is 0 Å². The van der Waals surface area contributed by atoms with Crippen LogP contribution in [-0.4, -0.2) is 11.5 Å². The minimum absolute atomic E-state index is 0.784. The predicted molar refractivity (Wildman–Crippen MR) is 63.5 cm³/mol. The Hall–Kier alpha value is -1.72. The molecule has 0 unspecified atom stereocenters. The second-order valence-corrected chi connectivity index (χ2v) is 3.53. The molecule has 0 bridgehead atoms. The van der Waals surface area contributed by atoms with Crippen LogP contribution in [0.3, 0.4) is 0 Å². The maximum absolute atomic E-state index is 5.17. The van der Waals surface area contributed by atoms with Crippen LogP contribution in [0.15, 0.2) is 30.5 Å². The minimum atomic E-state index is 0.784. The average Bonchev–Trinajstić information content (AvgIpc) is 2.71. The molecule has 0 amide bonds. The smallest absolute Gasteiger partial charge is 0.0454 e. The summed E-state index contributed by atoms with van der Waals surface area (Å²) < 4.78 is 0. The molecule has 2 heteroatoms. The highest BCUT2D eigenvalue weighted by Gasteiger charge is 1.96. The molecular weight excluding hydrogens is 184 g/mol. The number of rotatable bonds is 4. The lowest BCUT2D eigenvalue weighted by Crippen LogP contribution is -2.13. The molecule has 2 nitrogen and oxygen atoms in total. The summed E-state index contributed by atoms with van der Waals surface area (Å²) in [4.78, 5) is 3.18. The molecule has 0 aliphatic rings. The minimum Gasteiger partial charge on any atom is -0.361 e. The van der Waals surface area contributed by atoms with E-state index in [1.54, 1.807) is 0 Å². The number of aromatic amines is 1. The number of hydrogen-bond donors (Lipinski definition) is 2. The predicted octanol–water partition coefficient (Wildman–Crippen LogP) is 2.28. The van der Waals surface area contributed by atoms with Crippen molar-refractivity contribution in [3.8, 4) is 12.3 Å². The molecule has 76 valence electrons. The van der Waals surface area contributed by atoms with Gasteiger partial charge in [-0.2, -0.15) is 0 Å². The van der Waals surface area contributed by atoms with E-state index in [4.69, 9.17) is 6.42 Å². The summed E-state index contributed by atoms with van der Waals surface area (Å²) in [6, 6.07) is 8.50. The molecule has 0 radical (unpaired) electrons. The highest BCUT2D eigenvalue weighted by atomic mass is 14.8. The van der Waals surface area contributed by atoms with E-state index in [-0.39, 0.29) is 0 Å². The average molecular weight is 198 g/mol. The van der Waals surface area contributed by atoms with Crippen LogP contribution in [0.4, 0.5) is 0 Å². The Balaban J connectivity index is 1.99. The Kier molecular flexibility index (Phi) is 3.06. The van der Waals surface area contributed by atoms with Crippen LogP contribution in [0.2, 0.25) is 0 Å². The van der Waals surface area contributed by atoms with Gasteiger partial charge in [0.1, 0.15) is 0 Å². The molecule has 0 aliphatic heterocycles. The number of hydrogen-bond acceptors (Lipinski definition) is 1. The van der Waals surface area contributed by atoms with Crippen LogP contribution in [0.25, 0.3) is 10.9 Å². The first-order chi connectivity index (χ1) is 7.40. The van der Waals surface area contributed by atoms with Crippen molar-refractivity contribution in [3.63, 3.8) is 0 Å². The SMILES string of the molecule is C#CCCNCc1ccc2[nH]ccc2c1. The van der Waals surface area contributed by atoms with Crippen molar-refractivity contribution in [2.45, 2.75) is 13.0 Å². The van der Waals surface area contributed by atoms with Gasteiger partial charge in [0, 0.05) is 31.2 Å². The van der Waals surface area contributed by atoms with Gasteiger partial charge in [-0.15, -0.1) is 12.3 Å². The van der Waals surface area contributed by atoms with Crippen LogP contribution in [0, 0.1) is 12.3 Å². The first-order valence-corrected chi connectivity index (χ1v) is 5.10. The third kappa shape index (κ3) is 2.39. The van der Waals surface area contributed by atoms with E-state index in [0.717, 1.165) is 19.5 Å². The van der Waals surface area contributed by atoms with Gasteiger partial charge in [-0.1, -0.05) is 6.07 Å². The van der Waals surface area contributed by atoms with Gasteiger partial charge in [-0.3, -0.25) is 0 Å². The maximum Gasteiger partial charge on any atom is 0.0454 e. The Morgan fingerprint density at radius 1 is 1.33 bits per heavy atom. The van der Waals surface area contributed by atoms with E-state index >= 15 is 0 Å². The van der Waals surface area contributed by atoms with Crippen LogP contribution in [0.1, 0.15) is 12.0 Å². The fraction of sp³-hybridized carbons (Fsp3) is 0.231. The van der Waals surface area contributed by atoms with Crippen molar-refractivity contribution in [3.05, 3.63) is 36.0 Å². The topological polar surface area (TPSA) is 27.8 Å². The lowest BCUT2D eigenvalue weighted by Gasteiger charge is -2.02. The number of aromatic nitrogens is 1. The van der Waals surface area contributed by atoms with Crippen molar-refractivity contribution in [2.75, 3.05) is 6.54 Å². The van der Waals surface area contributed by atoms with Gasteiger partial charge in [-0.05, 0) is 29.1 Å². The highest BCUT2D eigenvalue weighted by molar-refractivity contribution is 5.79. The quantitative estimate of drug-likeness (QED) is 0.572. The maximum atomic E-state index is 5.17. The van der Waals surface area contributed by atoms with Crippen molar-refractivity contribution in [2.24, 2.45) is 0 Å². The molecule has 0 atom stereocenters. The first kappa shape index (κ1) is 9.82. The van der Waals surface area contributed by atoms with Crippen LogP contribution < -0.4 is 5.32 Å². The monoisotopic (exact) mass is 198 g/mol. The molecule has 15 heavy (non-hydrogen) atoms. The van der Waals surface area contributed by atoms with Crippen LogP contribution in [-0.2, 0) is 6.54 Å². The third-order valence-corrected chi connectivity index (χ3v) is 2.39. The molecule has 2 N–H and O–H groups in total. The zero-order valence-electron chi connectivity index (χ0n) is 8.59. The molecule has 0 aliphatic carbocycles. The normalized spacial score (nSPS) is 10.3. The zero-order chi connectivity index (χ0) is 10.5. The van der Waals surface area contributed by atoms with E-state index < -0.39 is 0 Å². The lowest BCUT2D eigenvalue weighted by molar-refractivity contribution is 0.702. The van der Waals surface area contributed by atoms with Gasteiger partial charge < -0.3 is 10.3 Å². The fourth-order valence-electron chi connectivity index (χ4n) is 1.61. The molecule has 0 saturated carbocycles. The van der Waals surface area contributed by atoms with Gasteiger partial charge in [0.25, 0.3) is 0 Å². The second-order valence-electron chi connectivity index (χ2n) is 3.53. The van der Waals surface area contributed by atoms with Crippen molar-refractivity contribution < 1.29 is 0 Å². The van der Waals surface area contributed by atoms with Gasteiger partial charge in [0.15, 0.2) is 0 Å². The summed E-state index contributed by atoms with van der Waals surface area (Å²) in [6.45, 7) is 1.75. The van der Waals surface area contributed by atoms with E-state index in [1.807, 2.05) is 6.20 Å². The molecule has 0 saturated heterocycles. The van der Waals surface area contributed by atoms with Gasteiger partial charge >= 0.3 is 0 Å². The molecule has 1 heterocycles. The van der Waals surface area contributed by atoms with E-state index in [2.05, 4.69) is 40.5 Å². The Morgan fingerprint density at radius 2 is 2.27 bits per heavy atom. The highest BCUT2D eigenvalue weighted by Crippen LogP contribution is 2.13. The first-order valence-electron chi connectivity index (χ1n) is 5.10. The summed E-state index contributed by atoms with van der Waals surface area (Å²) in [7, 11) is 0.